The number of aliphatic hydroxyl groups is 1. The smallest absolute Gasteiger partial charge is 0.0855 e. The number of nitrogens with zero attached hydrogens (tertiary/aromatic N) is 1. The van der Waals surface area contributed by atoms with Gasteiger partial charge in [0.1, 0.15) is 0 Å². The third-order valence-corrected chi connectivity index (χ3v) is 3.09. The van der Waals surface area contributed by atoms with E-state index in [1.165, 1.54) is 5.56 Å². The fourth-order valence-electron chi connectivity index (χ4n) is 1.99. The van der Waals surface area contributed by atoms with E-state index in [1.807, 2.05) is 50.2 Å². The lowest BCUT2D eigenvalue weighted by atomic mass is 9.91. The summed E-state index contributed by atoms with van der Waals surface area (Å²) < 4.78 is 0. The Hall–Kier alpha value is -1.67. The molecule has 0 fully saturated rings. The molecule has 1 heterocycles. The number of pyridine rings is 1. The molecule has 2 atom stereocenters. The zero-order valence-corrected chi connectivity index (χ0v) is 10.2. The Bertz CT molecular complexity index is 481. The van der Waals surface area contributed by atoms with Crippen LogP contribution in [0.3, 0.4) is 0 Å². The van der Waals surface area contributed by atoms with Gasteiger partial charge < -0.3 is 5.11 Å². The molecule has 0 aliphatic rings. The van der Waals surface area contributed by atoms with Crippen LogP contribution in [-0.4, -0.2) is 10.1 Å². The summed E-state index contributed by atoms with van der Waals surface area (Å²) in [6.07, 6.45) is 3.04. The van der Waals surface area contributed by atoms with Crippen molar-refractivity contribution in [3.05, 3.63) is 65.5 Å². The van der Waals surface area contributed by atoms with Crippen LogP contribution >= 0.6 is 0 Å². The molecule has 1 N–H and O–H groups in total. The van der Waals surface area contributed by atoms with Gasteiger partial charge in [0, 0.05) is 18.3 Å². The number of rotatable bonds is 3. The van der Waals surface area contributed by atoms with Gasteiger partial charge in [0.05, 0.1) is 6.10 Å². The first-order valence-corrected chi connectivity index (χ1v) is 5.83. The summed E-state index contributed by atoms with van der Waals surface area (Å²) >= 11 is 0. The van der Waals surface area contributed by atoms with Gasteiger partial charge in [-0.3, -0.25) is 4.98 Å². The summed E-state index contributed by atoms with van der Waals surface area (Å²) in [5, 5.41) is 10.3. The van der Waals surface area contributed by atoms with Crippen molar-refractivity contribution in [2.24, 2.45) is 0 Å². The van der Waals surface area contributed by atoms with Gasteiger partial charge in [-0.25, -0.2) is 0 Å². The van der Waals surface area contributed by atoms with Gasteiger partial charge >= 0.3 is 0 Å². The van der Waals surface area contributed by atoms with E-state index in [9.17, 15) is 5.11 Å². The van der Waals surface area contributed by atoms with Crippen molar-refractivity contribution >= 4 is 0 Å². The molecule has 2 unspecified atom stereocenters. The second kappa shape index (κ2) is 5.11. The van der Waals surface area contributed by atoms with Gasteiger partial charge in [0.25, 0.3) is 0 Å². The quantitative estimate of drug-likeness (QED) is 0.873. The Balaban J connectivity index is 2.23. The van der Waals surface area contributed by atoms with E-state index >= 15 is 0 Å². The highest BCUT2D eigenvalue weighted by Crippen LogP contribution is 2.30. The van der Waals surface area contributed by atoms with Crippen molar-refractivity contribution in [2.75, 3.05) is 0 Å². The summed E-state index contributed by atoms with van der Waals surface area (Å²) in [5.41, 5.74) is 3.24. The molecular formula is C15H17NO. The van der Waals surface area contributed by atoms with Gasteiger partial charge in [-0.1, -0.05) is 36.8 Å². The Morgan fingerprint density at radius 3 is 2.41 bits per heavy atom. The minimum atomic E-state index is -0.475. The van der Waals surface area contributed by atoms with Crippen LogP contribution in [0.4, 0.5) is 0 Å². The molecule has 0 aliphatic heterocycles. The summed E-state index contributed by atoms with van der Waals surface area (Å²) in [6, 6.07) is 11.9. The predicted octanol–water partition coefficient (Wildman–Crippen LogP) is 3.23. The molecule has 0 spiro atoms. The van der Waals surface area contributed by atoms with Crippen molar-refractivity contribution in [1.82, 2.24) is 4.98 Å². The van der Waals surface area contributed by atoms with Crippen molar-refractivity contribution in [3.63, 3.8) is 0 Å². The standard InChI is InChI=1S/C15H17NO/c1-11-4-3-5-14(10-11)15(17)12(2)13-6-8-16-9-7-13/h3-10,12,15,17H,1-2H3. The second-order valence-electron chi connectivity index (χ2n) is 4.43. The van der Waals surface area contributed by atoms with Gasteiger partial charge in [-0.2, -0.15) is 0 Å². The molecule has 0 saturated carbocycles. The third kappa shape index (κ3) is 2.71. The van der Waals surface area contributed by atoms with E-state index in [0.29, 0.717) is 0 Å². The molecule has 2 heteroatoms. The van der Waals surface area contributed by atoms with E-state index in [2.05, 4.69) is 4.98 Å². The Morgan fingerprint density at radius 1 is 1.06 bits per heavy atom. The predicted molar refractivity (Wildman–Crippen MR) is 68.8 cm³/mol. The van der Waals surface area contributed by atoms with Crippen molar-refractivity contribution < 1.29 is 5.11 Å². The molecule has 0 amide bonds. The lowest BCUT2D eigenvalue weighted by molar-refractivity contribution is 0.151. The number of hydrogen-bond donors (Lipinski definition) is 1. The zero-order chi connectivity index (χ0) is 12.3. The van der Waals surface area contributed by atoms with Gasteiger partial charge in [-0.05, 0) is 30.2 Å². The molecule has 0 radical (unpaired) electrons. The molecule has 1 aromatic heterocycles. The van der Waals surface area contributed by atoms with Crippen LogP contribution in [0.1, 0.15) is 35.6 Å². The minimum Gasteiger partial charge on any atom is -0.388 e. The number of aromatic nitrogens is 1. The van der Waals surface area contributed by atoms with Gasteiger partial charge in [0.15, 0.2) is 0 Å². The van der Waals surface area contributed by atoms with E-state index in [-0.39, 0.29) is 5.92 Å². The van der Waals surface area contributed by atoms with Gasteiger partial charge in [0.2, 0.25) is 0 Å². The largest absolute Gasteiger partial charge is 0.388 e. The topological polar surface area (TPSA) is 33.1 Å². The summed E-state index contributed by atoms with van der Waals surface area (Å²) in [7, 11) is 0. The van der Waals surface area contributed by atoms with Crippen molar-refractivity contribution in [2.45, 2.75) is 25.9 Å². The third-order valence-electron chi connectivity index (χ3n) is 3.09. The maximum absolute atomic E-state index is 10.3. The fourth-order valence-corrected chi connectivity index (χ4v) is 1.99. The normalized spacial score (nSPS) is 14.3. The van der Waals surface area contributed by atoms with Crippen molar-refractivity contribution in [3.8, 4) is 0 Å². The van der Waals surface area contributed by atoms with Crippen LogP contribution in [0.25, 0.3) is 0 Å². The van der Waals surface area contributed by atoms with Crippen LogP contribution in [0.2, 0.25) is 0 Å². The van der Waals surface area contributed by atoms with E-state index in [0.717, 1.165) is 11.1 Å². The Morgan fingerprint density at radius 2 is 1.76 bits per heavy atom. The molecule has 88 valence electrons. The average molecular weight is 227 g/mol. The maximum atomic E-state index is 10.3. The molecule has 2 nitrogen and oxygen atoms in total. The number of aryl methyl sites for hydroxylation is 1. The van der Waals surface area contributed by atoms with Crippen LogP contribution < -0.4 is 0 Å². The van der Waals surface area contributed by atoms with Crippen molar-refractivity contribution in [1.29, 1.82) is 0 Å². The first-order valence-electron chi connectivity index (χ1n) is 5.83. The lowest BCUT2D eigenvalue weighted by Gasteiger charge is -2.19. The maximum Gasteiger partial charge on any atom is 0.0855 e. The van der Waals surface area contributed by atoms with E-state index < -0.39 is 6.10 Å². The summed E-state index contributed by atoms with van der Waals surface area (Å²) in [6.45, 7) is 4.07. The second-order valence-corrected chi connectivity index (χ2v) is 4.43. The molecular weight excluding hydrogens is 210 g/mol. The first kappa shape index (κ1) is 11.8. The molecule has 0 aliphatic carbocycles. The van der Waals surface area contributed by atoms with Crippen LogP contribution in [0.5, 0.6) is 0 Å². The van der Waals surface area contributed by atoms with Gasteiger partial charge in [-0.15, -0.1) is 0 Å². The Labute approximate surface area is 102 Å². The highest BCUT2D eigenvalue weighted by Gasteiger charge is 2.17. The molecule has 2 aromatic rings. The molecule has 0 bridgehead atoms. The highest BCUT2D eigenvalue weighted by atomic mass is 16.3. The Kier molecular flexibility index (Phi) is 3.55. The number of hydrogen-bond acceptors (Lipinski definition) is 2. The van der Waals surface area contributed by atoms with Crippen LogP contribution in [-0.2, 0) is 0 Å². The lowest BCUT2D eigenvalue weighted by Crippen LogP contribution is -2.07. The fraction of sp³-hybridized carbons (Fsp3) is 0.267. The van der Waals surface area contributed by atoms with Crippen LogP contribution in [0, 0.1) is 6.92 Å². The highest BCUT2D eigenvalue weighted by molar-refractivity contribution is 5.28. The molecule has 1 aromatic carbocycles. The summed E-state index contributed by atoms with van der Waals surface area (Å²) in [4.78, 5) is 3.99. The van der Waals surface area contributed by atoms with E-state index in [1.54, 1.807) is 12.4 Å². The molecule has 0 saturated heterocycles. The first-order chi connectivity index (χ1) is 8.18. The monoisotopic (exact) mass is 227 g/mol. The number of aliphatic hydroxyl groups excluding tert-OH is 1. The minimum absolute atomic E-state index is 0.0693. The van der Waals surface area contributed by atoms with E-state index in [4.69, 9.17) is 0 Å². The SMILES string of the molecule is Cc1cccc(C(O)C(C)c2ccncc2)c1. The summed E-state index contributed by atoms with van der Waals surface area (Å²) in [5.74, 6) is 0.0693. The number of benzene rings is 1. The van der Waals surface area contributed by atoms with Crippen LogP contribution in [0.15, 0.2) is 48.8 Å². The molecule has 17 heavy (non-hydrogen) atoms. The molecule has 2 rings (SSSR count). The average Bonchev–Trinajstić information content (AvgIpc) is 2.38. The zero-order valence-electron chi connectivity index (χ0n) is 10.2.